The normalized spacial score (nSPS) is 18.2. The zero-order valence-corrected chi connectivity index (χ0v) is 30.9. The van der Waals surface area contributed by atoms with E-state index in [0.717, 1.165) is 29.8 Å². The summed E-state index contributed by atoms with van der Waals surface area (Å²) in [7, 11) is 3.03. The van der Waals surface area contributed by atoms with Crippen LogP contribution in [0.1, 0.15) is 55.4 Å². The second-order valence-corrected chi connectivity index (χ2v) is 14.2. The fraction of sp³-hybridized carbons (Fsp3) is 0.588. The van der Waals surface area contributed by atoms with Crippen LogP contribution in [0.3, 0.4) is 0 Å². The smallest absolute Gasteiger partial charge is 0.410 e. The SMILES string of the molecule is COc1cc(F)ccc1Br.COc1cc(F)ccc1N1CCN(C(=O)OC(C)(C)C)C[C@H]1C.C[C@@H]1CN(C(=O)OC(C)(C)C)CCN1. The summed E-state index contributed by atoms with van der Waals surface area (Å²) in [4.78, 5) is 29.4. The molecule has 2 saturated heterocycles. The van der Waals surface area contributed by atoms with Crippen LogP contribution in [0.5, 0.6) is 11.5 Å². The first-order chi connectivity index (χ1) is 21.8. The molecule has 2 aliphatic rings. The number of hydrogen-bond donors (Lipinski definition) is 1. The maximum Gasteiger partial charge on any atom is 0.410 e. The molecule has 0 unspecified atom stereocenters. The molecule has 0 aromatic heterocycles. The van der Waals surface area contributed by atoms with Crippen LogP contribution in [0.15, 0.2) is 40.9 Å². The molecule has 0 bridgehead atoms. The quantitative estimate of drug-likeness (QED) is 0.358. The van der Waals surface area contributed by atoms with Crippen LogP contribution in [0.2, 0.25) is 0 Å². The number of nitrogens with zero attached hydrogens (tertiary/aromatic N) is 3. The first kappa shape index (κ1) is 39.9. The molecule has 1 N–H and O–H groups in total. The largest absolute Gasteiger partial charge is 0.495 e. The van der Waals surface area contributed by atoms with E-state index in [2.05, 4.69) is 33.1 Å². The fourth-order valence-electron chi connectivity index (χ4n) is 4.75. The summed E-state index contributed by atoms with van der Waals surface area (Å²) in [6.45, 7) is 19.4. The van der Waals surface area contributed by atoms with E-state index in [9.17, 15) is 18.4 Å². The van der Waals surface area contributed by atoms with Gasteiger partial charge in [-0.3, -0.25) is 0 Å². The zero-order chi connectivity index (χ0) is 35.5. The maximum atomic E-state index is 13.4. The van der Waals surface area contributed by atoms with Crippen molar-refractivity contribution in [1.29, 1.82) is 0 Å². The van der Waals surface area contributed by atoms with Crippen molar-refractivity contribution in [1.82, 2.24) is 15.1 Å². The van der Waals surface area contributed by atoms with Gasteiger partial charge in [0.05, 0.1) is 24.4 Å². The molecule has 2 atom stereocenters. The van der Waals surface area contributed by atoms with E-state index in [-0.39, 0.29) is 29.9 Å². The van der Waals surface area contributed by atoms with Gasteiger partial charge in [0.15, 0.2) is 0 Å². The highest BCUT2D eigenvalue weighted by molar-refractivity contribution is 9.10. The van der Waals surface area contributed by atoms with Crippen LogP contribution in [-0.4, -0.2) is 98.8 Å². The van der Waals surface area contributed by atoms with Gasteiger partial charge in [0.2, 0.25) is 0 Å². The molecule has 2 aromatic carbocycles. The van der Waals surface area contributed by atoms with Crippen molar-refractivity contribution in [3.63, 3.8) is 0 Å². The van der Waals surface area contributed by atoms with Crippen LogP contribution >= 0.6 is 15.9 Å². The Morgan fingerprint density at radius 3 is 1.77 bits per heavy atom. The van der Waals surface area contributed by atoms with Crippen LogP contribution in [0.25, 0.3) is 0 Å². The summed E-state index contributed by atoms with van der Waals surface area (Å²) in [6, 6.07) is 9.25. The average Bonchev–Trinajstić information content (AvgIpc) is 2.97. The Labute approximate surface area is 286 Å². The number of carbonyl (C=O) groups excluding carboxylic acids is 2. The average molecular weight is 730 g/mol. The maximum absolute atomic E-state index is 13.4. The van der Waals surface area contributed by atoms with Crippen molar-refractivity contribution in [2.45, 2.75) is 78.7 Å². The summed E-state index contributed by atoms with van der Waals surface area (Å²) in [5, 5.41) is 3.28. The lowest BCUT2D eigenvalue weighted by Gasteiger charge is -2.41. The Morgan fingerprint density at radius 2 is 1.30 bits per heavy atom. The minimum atomic E-state index is -0.502. The van der Waals surface area contributed by atoms with E-state index in [4.69, 9.17) is 18.9 Å². The molecular formula is C34H51BrF2N4O6. The number of hydrogen-bond acceptors (Lipinski definition) is 8. The molecule has 13 heteroatoms. The molecule has 2 fully saturated rings. The third-order valence-electron chi connectivity index (χ3n) is 6.86. The number of benzene rings is 2. The second kappa shape index (κ2) is 17.7. The van der Waals surface area contributed by atoms with Gasteiger partial charge in [0.1, 0.15) is 34.3 Å². The van der Waals surface area contributed by atoms with E-state index < -0.39 is 11.2 Å². The van der Waals surface area contributed by atoms with Crippen molar-refractivity contribution >= 4 is 33.8 Å². The molecule has 2 amide bonds. The second-order valence-electron chi connectivity index (χ2n) is 13.3. The summed E-state index contributed by atoms with van der Waals surface area (Å²) < 4.78 is 47.4. The predicted molar refractivity (Wildman–Crippen MR) is 183 cm³/mol. The molecule has 2 heterocycles. The van der Waals surface area contributed by atoms with E-state index >= 15 is 0 Å². The molecule has 2 aromatic rings. The van der Waals surface area contributed by atoms with Crippen molar-refractivity contribution in [3.8, 4) is 11.5 Å². The third kappa shape index (κ3) is 13.7. The number of nitrogens with one attached hydrogen (secondary N) is 1. The van der Waals surface area contributed by atoms with Gasteiger partial charge in [-0.15, -0.1) is 0 Å². The van der Waals surface area contributed by atoms with Gasteiger partial charge in [-0.05, 0) is 95.6 Å². The van der Waals surface area contributed by atoms with Gasteiger partial charge >= 0.3 is 12.2 Å². The van der Waals surface area contributed by atoms with Crippen LogP contribution in [0, 0.1) is 11.6 Å². The third-order valence-corrected chi connectivity index (χ3v) is 7.52. The van der Waals surface area contributed by atoms with Gasteiger partial charge < -0.3 is 39.0 Å². The predicted octanol–water partition coefficient (Wildman–Crippen LogP) is 7.09. The lowest BCUT2D eigenvalue weighted by Crippen LogP contribution is -2.54. The van der Waals surface area contributed by atoms with E-state index in [0.29, 0.717) is 37.2 Å². The van der Waals surface area contributed by atoms with Gasteiger partial charge in [-0.1, -0.05) is 0 Å². The Hall–Kier alpha value is -3.32. The highest BCUT2D eigenvalue weighted by Gasteiger charge is 2.31. The Kier molecular flexibility index (Phi) is 15.0. The molecule has 0 radical (unpaired) electrons. The Morgan fingerprint density at radius 1 is 0.787 bits per heavy atom. The van der Waals surface area contributed by atoms with Gasteiger partial charge in [0, 0.05) is 63.5 Å². The minimum Gasteiger partial charge on any atom is -0.495 e. The number of anilines is 1. The van der Waals surface area contributed by atoms with Crippen molar-refractivity contribution in [2.24, 2.45) is 0 Å². The highest BCUT2D eigenvalue weighted by Crippen LogP contribution is 2.32. The van der Waals surface area contributed by atoms with Crippen LogP contribution in [-0.2, 0) is 9.47 Å². The number of halogens is 3. The number of ether oxygens (including phenoxy) is 4. The number of piperazine rings is 2. The molecule has 47 heavy (non-hydrogen) atoms. The summed E-state index contributed by atoms with van der Waals surface area (Å²) in [6.07, 6.45) is -0.499. The Balaban J connectivity index is 0.000000271. The van der Waals surface area contributed by atoms with Crippen molar-refractivity contribution in [3.05, 3.63) is 52.5 Å². The first-order valence-corrected chi connectivity index (χ1v) is 16.4. The molecule has 0 saturated carbocycles. The summed E-state index contributed by atoms with van der Waals surface area (Å²) in [5.74, 6) is 0.397. The molecule has 2 aliphatic heterocycles. The highest BCUT2D eigenvalue weighted by atomic mass is 79.9. The van der Waals surface area contributed by atoms with Gasteiger partial charge in [0.25, 0.3) is 0 Å². The van der Waals surface area contributed by atoms with Gasteiger partial charge in [-0.2, -0.15) is 0 Å². The molecule has 264 valence electrons. The fourth-order valence-corrected chi connectivity index (χ4v) is 5.16. The molecular weight excluding hydrogens is 678 g/mol. The zero-order valence-electron chi connectivity index (χ0n) is 29.3. The lowest BCUT2D eigenvalue weighted by atomic mass is 10.1. The molecule has 10 nitrogen and oxygen atoms in total. The Bertz CT molecular complexity index is 1320. The number of rotatable bonds is 3. The minimum absolute atomic E-state index is 0.0793. The van der Waals surface area contributed by atoms with Crippen LogP contribution in [0.4, 0.5) is 24.1 Å². The number of carbonyl (C=O) groups is 2. The molecule has 0 aliphatic carbocycles. The summed E-state index contributed by atoms with van der Waals surface area (Å²) in [5.41, 5.74) is -0.0618. The molecule has 4 rings (SSSR count). The van der Waals surface area contributed by atoms with Crippen molar-refractivity contribution < 1.29 is 37.3 Å². The van der Waals surface area contributed by atoms with E-state index in [1.54, 1.807) is 21.9 Å². The monoisotopic (exact) mass is 728 g/mol. The van der Waals surface area contributed by atoms with Crippen molar-refractivity contribution in [2.75, 3.05) is 58.4 Å². The van der Waals surface area contributed by atoms with E-state index in [1.165, 1.54) is 38.5 Å². The standard InChI is InChI=1S/C17H25FN2O3.C10H20N2O2.C7H6BrFO/c1-12-11-19(16(21)23-17(2,3)4)8-9-20(12)14-7-6-13(18)10-15(14)22-5;1-8-7-12(6-5-11-8)9(13)14-10(2,3)4;1-10-7-4-5(9)2-3-6(7)8/h6-7,10,12H,8-9,11H2,1-5H3;8,11H,5-7H2,1-4H3;2-4H,1H3/t12-;8-;/m11./s1. The topological polar surface area (TPSA) is 92.8 Å². The number of methoxy groups -OCH3 is 2. The lowest BCUT2D eigenvalue weighted by molar-refractivity contribution is 0.0197. The summed E-state index contributed by atoms with van der Waals surface area (Å²) >= 11 is 3.20. The number of amides is 2. The van der Waals surface area contributed by atoms with E-state index in [1.807, 2.05) is 48.5 Å². The van der Waals surface area contributed by atoms with Crippen LogP contribution < -0.4 is 19.7 Å². The molecule has 0 spiro atoms. The first-order valence-electron chi connectivity index (χ1n) is 15.6. The van der Waals surface area contributed by atoms with Gasteiger partial charge in [-0.25, -0.2) is 18.4 Å².